The lowest BCUT2D eigenvalue weighted by Gasteiger charge is -2.12. The second-order valence-electron chi connectivity index (χ2n) is 6.19. The largest absolute Gasteiger partial charge is 0.497 e. The Morgan fingerprint density at radius 3 is 2.59 bits per heavy atom. The van der Waals surface area contributed by atoms with Gasteiger partial charge in [0.2, 0.25) is 0 Å². The zero-order valence-corrected chi connectivity index (χ0v) is 18.2. The van der Waals surface area contributed by atoms with Gasteiger partial charge in [-0.2, -0.15) is 5.10 Å². The van der Waals surface area contributed by atoms with E-state index in [-0.39, 0.29) is 5.91 Å². The van der Waals surface area contributed by atoms with E-state index in [1.54, 1.807) is 38.3 Å². The average Bonchev–Trinajstić information content (AvgIpc) is 2.73. The van der Waals surface area contributed by atoms with Crippen LogP contribution in [0.4, 0.5) is 0 Å². The average molecular weight is 462 g/mol. The molecule has 0 saturated heterocycles. The molecule has 2 aromatic rings. The number of rotatable bonds is 9. The van der Waals surface area contributed by atoms with Crippen LogP contribution in [0.5, 0.6) is 11.5 Å². The van der Waals surface area contributed by atoms with Gasteiger partial charge in [-0.05, 0) is 55.8 Å². The molecule has 0 saturated carbocycles. The number of hydrogen-bond donors (Lipinski definition) is 2. The third-order valence-corrected chi connectivity index (χ3v) is 4.40. The molecule has 8 heteroatoms. The Labute approximate surface area is 178 Å². The number of halogens is 1. The molecule has 0 bridgehead atoms. The summed E-state index contributed by atoms with van der Waals surface area (Å²) in [5.41, 5.74) is 3.59. The predicted octanol–water partition coefficient (Wildman–Crippen LogP) is 3.52. The summed E-state index contributed by atoms with van der Waals surface area (Å²) in [4.78, 5) is 24.5. The minimum absolute atomic E-state index is 0.360. The summed E-state index contributed by atoms with van der Waals surface area (Å²) in [6.45, 7) is 4.19. The first-order valence-corrected chi connectivity index (χ1v) is 9.94. The van der Waals surface area contributed by atoms with Crippen LogP contribution in [0.3, 0.4) is 0 Å². The number of carbonyl (C=O) groups is 2. The number of methoxy groups -OCH3 is 1. The first-order valence-electron chi connectivity index (χ1n) is 9.14. The van der Waals surface area contributed by atoms with Gasteiger partial charge in [0.25, 0.3) is 11.8 Å². The Morgan fingerprint density at radius 2 is 1.93 bits per heavy atom. The highest BCUT2D eigenvalue weighted by Gasteiger charge is 2.16. The smallest absolute Gasteiger partial charge is 0.262 e. The number of nitrogens with zero attached hydrogens (tertiary/aromatic N) is 1. The summed E-state index contributed by atoms with van der Waals surface area (Å²) < 4.78 is 11.6. The van der Waals surface area contributed by atoms with E-state index >= 15 is 0 Å². The van der Waals surface area contributed by atoms with E-state index in [4.69, 9.17) is 9.47 Å². The van der Waals surface area contributed by atoms with Crippen molar-refractivity contribution < 1.29 is 19.1 Å². The van der Waals surface area contributed by atoms with E-state index in [9.17, 15) is 9.59 Å². The molecule has 154 valence electrons. The lowest BCUT2D eigenvalue weighted by atomic mass is 10.2. The molecule has 1 atom stereocenters. The Morgan fingerprint density at radius 1 is 1.21 bits per heavy atom. The quantitative estimate of drug-likeness (QED) is 0.441. The maximum atomic E-state index is 12.2. The molecular formula is C21H24BrN3O4. The lowest BCUT2D eigenvalue weighted by Crippen LogP contribution is -2.43. The maximum Gasteiger partial charge on any atom is 0.262 e. The van der Waals surface area contributed by atoms with Crippen LogP contribution in [0.2, 0.25) is 0 Å². The minimum Gasteiger partial charge on any atom is -0.497 e. The van der Waals surface area contributed by atoms with Crippen molar-refractivity contribution in [3.05, 3.63) is 58.1 Å². The number of nitrogens with one attached hydrogen (secondary N) is 2. The molecule has 1 unspecified atom stereocenters. The van der Waals surface area contributed by atoms with Crippen LogP contribution in [0.1, 0.15) is 36.2 Å². The number of carbonyl (C=O) groups excluding carboxylic acids is 2. The van der Waals surface area contributed by atoms with E-state index in [1.807, 2.05) is 25.1 Å². The van der Waals surface area contributed by atoms with E-state index in [0.29, 0.717) is 23.7 Å². The molecule has 2 aromatic carbocycles. The van der Waals surface area contributed by atoms with Crippen LogP contribution < -0.4 is 20.2 Å². The molecule has 29 heavy (non-hydrogen) atoms. The van der Waals surface area contributed by atoms with Crippen LogP contribution in [-0.4, -0.2) is 37.8 Å². The number of benzene rings is 2. The number of hydrazone groups is 1. The molecular weight excluding hydrogens is 438 g/mol. The highest BCUT2D eigenvalue weighted by Crippen LogP contribution is 2.22. The van der Waals surface area contributed by atoms with Gasteiger partial charge < -0.3 is 14.8 Å². The van der Waals surface area contributed by atoms with Gasteiger partial charge >= 0.3 is 0 Å². The first-order chi connectivity index (χ1) is 13.9. The number of hydrogen-bond acceptors (Lipinski definition) is 5. The highest BCUT2D eigenvalue weighted by molar-refractivity contribution is 9.10. The summed E-state index contributed by atoms with van der Waals surface area (Å²) in [5.74, 6) is 0.529. The molecule has 0 spiro atoms. The Hall–Kier alpha value is -2.87. The summed E-state index contributed by atoms with van der Waals surface area (Å²) in [6, 6.07) is 11.4. The number of amides is 2. The zero-order valence-electron chi connectivity index (χ0n) is 16.6. The Bertz CT molecular complexity index is 869. The van der Waals surface area contributed by atoms with Crippen molar-refractivity contribution in [3.63, 3.8) is 0 Å². The number of ether oxygens (including phenoxy) is 2. The van der Waals surface area contributed by atoms with Gasteiger partial charge in [-0.3, -0.25) is 9.59 Å². The molecule has 0 heterocycles. The topological polar surface area (TPSA) is 89.0 Å². The van der Waals surface area contributed by atoms with E-state index in [1.165, 1.54) is 6.21 Å². The van der Waals surface area contributed by atoms with Gasteiger partial charge in [-0.15, -0.1) is 0 Å². The van der Waals surface area contributed by atoms with Gasteiger partial charge in [0.1, 0.15) is 17.5 Å². The molecule has 0 aromatic heterocycles. The fourth-order valence-electron chi connectivity index (χ4n) is 2.31. The van der Waals surface area contributed by atoms with Crippen LogP contribution in [-0.2, 0) is 4.79 Å². The van der Waals surface area contributed by atoms with Crippen molar-refractivity contribution in [1.29, 1.82) is 0 Å². The molecule has 2 amide bonds. The molecule has 2 N–H and O–H groups in total. The Balaban J connectivity index is 1.94. The summed E-state index contributed by atoms with van der Waals surface area (Å²) in [6.07, 6.45) is 2.39. The van der Waals surface area contributed by atoms with E-state index in [0.717, 1.165) is 16.5 Å². The van der Waals surface area contributed by atoms with Crippen molar-refractivity contribution >= 4 is 34.0 Å². The van der Waals surface area contributed by atoms with Gasteiger partial charge in [-0.1, -0.05) is 22.9 Å². The molecule has 2 rings (SSSR count). The van der Waals surface area contributed by atoms with Crippen molar-refractivity contribution in [1.82, 2.24) is 10.7 Å². The molecule has 0 aliphatic carbocycles. The SMILES string of the molecule is CCCOc1ccc(Br)cc1C=NNC(=O)C(C)NC(=O)c1ccc(OC)cc1. The van der Waals surface area contributed by atoms with E-state index < -0.39 is 11.9 Å². The van der Waals surface area contributed by atoms with Gasteiger partial charge in [0.15, 0.2) is 0 Å². The van der Waals surface area contributed by atoms with Crippen LogP contribution in [0.15, 0.2) is 52.0 Å². The second kappa shape index (κ2) is 11.2. The molecule has 7 nitrogen and oxygen atoms in total. The molecule has 0 radical (unpaired) electrons. The lowest BCUT2D eigenvalue weighted by molar-refractivity contribution is -0.122. The zero-order chi connectivity index (χ0) is 21.2. The molecule has 0 aliphatic rings. The van der Waals surface area contributed by atoms with Crippen LogP contribution >= 0.6 is 15.9 Å². The fraction of sp³-hybridized carbons (Fsp3) is 0.286. The van der Waals surface area contributed by atoms with E-state index in [2.05, 4.69) is 31.8 Å². The highest BCUT2D eigenvalue weighted by atomic mass is 79.9. The predicted molar refractivity (Wildman–Crippen MR) is 116 cm³/mol. The van der Waals surface area contributed by atoms with Crippen molar-refractivity contribution in [2.75, 3.05) is 13.7 Å². The van der Waals surface area contributed by atoms with Gasteiger partial charge in [-0.25, -0.2) is 5.43 Å². The van der Waals surface area contributed by atoms with Crippen molar-refractivity contribution in [2.45, 2.75) is 26.3 Å². The second-order valence-corrected chi connectivity index (χ2v) is 7.10. The summed E-state index contributed by atoms with van der Waals surface area (Å²) >= 11 is 3.41. The van der Waals surface area contributed by atoms with Crippen molar-refractivity contribution in [3.8, 4) is 11.5 Å². The maximum absolute atomic E-state index is 12.2. The van der Waals surface area contributed by atoms with Crippen LogP contribution in [0.25, 0.3) is 0 Å². The first kappa shape index (κ1) is 22.4. The normalized spacial score (nSPS) is 11.7. The Kier molecular flexibility index (Phi) is 8.67. The van der Waals surface area contributed by atoms with Gasteiger partial charge in [0.05, 0.1) is 19.9 Å². The third kappa shape index (κ3) is 6.90. The fourth-order valence-corrected chi connectivity index (χ4v) is 2.69. The minimum atomic E-state index is -0.764. The summed E-state index contributed by atoms with van der Waals surface area (Å²) in [7, 11) is 1.55. The third-order valence-electron chi connectivity index (χ3n) is 3.90. The molecule has 0 fully saturated rings. The standard InChI is InChI=1S/C21H24BrN3O4/c1-4-11-29-19-10-7-17(22)12-16(19)13-23-25-20(26)14(2)24-21(27)15-5-8-18(28-3)9-6-15/h5-10,12-14H,4,11H2,1-3H3,(H,24,27)(H,25,26). The monoisotopic (exact) mass is 461 g/mol. The molecule has 0 aliphatic heterocycles. The summed E-state index contributed by atoms with van der Waals surface area (Å²) in [5, 5.41) is 6.61. The van der Waals surface area contributed by atoms with Gasteiger partial charge in [0, 0.05) is 15.6 Å². The van der Waals surface area contributed by atoms with Crippen molar-refractivity contribution in [2.24, 2.45) is 5.10 Å². The van der Waals surface area contributed by atoms with Crippen LogP contribution in [0, 0.1) is 0 Å².